The molecule has 8 heteroatoms. The van der Waals surface area contributed by atoms with Gasteiger partial charge in [0.25, 0.3) is 5.69 Å². The summed E-state index contributed by atoms with van der Waals surface area (Å²) in [6.07, 6.45) is 1.56. The van der Waals surface area contributed by atoms with Crippen molar-refractivity contribution in [2.75, 3.05) is 6.61 Å². The van der Waals surface area contributed by atoms with Gasteiger partial charge in [0, 0.05) is 24.3 Å². The molecule has 0 radical (unpaired) electrons. The van der Waals surface area contributed by atoms with E-state index in [-0.39, 0.29) is 22.7 Å². The van der Waals surface area contributed by atoms with E-state index < -0.39 is 14.9 Å². The number of sulfonamides is 1. The maximum Gasteiger partial charge on any atom is 0.273 e. The molecular formula is C13H18N2O5S. The first-order chi connectivity index (χ1) is 9.81. The molecule has 0 spiro atoms. The van der Waals surface area contributed by atoms with E-state index in [4.69, 9.17) is 4.74 Å². The fourth-order valence-electron chi connectivity index (χ4n) is 2.34. The zero-order valence-corrected chi connectivity index (χ0v) is 12.7. The van der Waals surface area contributed by atoms with E-state index >= 15 is 0 Å². The number of rotatable bonds is 5. The molecule has 1 N–H and O–H groups in total. The molecule has 0 bridgehead atoms. The van der Waals surface area contributed by atoms with Crippen molar-refractivity contribution in [3.05, 3.63) is 33.9 Å². The van der Waals surface area contributed by atoms with Crippen LogP contribution in [-0.4, -0.2) is 32.1 Å². The van der Waals surface area contributed by atoms with Gasteiger partial charge in [0.05, 0.1) is 15.9 Å². The molecule has 0 saturated carbocycles. The Bertz CT molecular complexity index is 638. The van der Waals surface area contributed by atoms with Gasteiger partial charge in [-0.3, -0.25) is 10.1 Å². The van der Waals surface area contributed by atoms with Gasteiger partial charge in [0.1, 0.15) is 0 Å². The van der Waals surface area contributed by atoms with Crippen molar-refractivity contribution in [3.63, 3.8) is 0 Å². The number of ether oxygens (including phenoxy) is 1. The van der Waals surface area contributed by atoms with Crippen LogP contribution in [0.25, 0.3) is 0 Å². The lowest BCUT2D eigenvalue weighted by Gasteiger charge is -2.19. The van der Waals surface area contributed by atoms with E-state index in [2.05, 4.69) is 4.72 Å². The second-order valence-corrected chi connectivity index (χ2v) is 6.88. The minimum atomic E-state index is -3.80. The Morgan fingerprint density at radius 2 is 2.19 bits per heavy atom. The molecule has 1 aromatic rings. The van der Waals surface area contributed by atoms with Crippen LogP contribution >= 0.6 is 0 Å². The third-order valence-electron chi connectivity index (χ3n) is 3.55. The van der Waals surface area contributed by atoms with Gasteiger partial charge in [-0.05, 0) is 32.8 Å². The van der Waals surface area contributed by atoms with Gasteiger partial charge in [0.15, 0.2) is 0 Å². The largest absolute Gasteiger partial charge is 0.377 e. The number of aryl methyl sites for hydroxylation is 1. The molecule has 21 heavy (non-hydrogen) atoms. The van der Waals surface area contributed by atoms with Crippen molar-refractivity contribution in [3.8, 4) is 0 Å². The van der Waals surface area contributed by atoms with Crippen LogP contribution in [0.1, 0.15) is 25.3 Å². The standard InChI is InChI=1S/C13H18N2O5S/c1-9-5-6-11(8-12(9)15(16)17)21(18,19)14-10(2)13-4-3-7-20-13/h5-6,8,10,13-14H,3-4,7H2,1-2H3/t10-,13+/m1/s1. The zero-order chi connectivity index (χ0) is 15.6. The fraction of sp³-hybridized carbons (Fsp3) is 0.538. The Balaban J connectivity index is 2.23. The van der Waals surface area contributed by atoms with Crippen molar-refractivity contribution in [2.45, 2.75) is 43.7 Å². The summed E-state index contributed by atoms with van der Waals surface area (Å²) in [4.78, 5) is 10.2. The lowest BCUT2D eigenvalue weighted by atomic mass is 10.1. The Morgan fingerprint density at radius 1 is 1.48 bits per heavy atom. The van der Waals surface area contributed by atoms with Gasteiger partial charge in [-0.1, -0.05) is 6.07 Å². The second kappa shape index (κ2) is 6.08. The highest BCUT2D eigenvalue weighted by atomic mass is 32.2. The lowest BCUT2D eigenvalue weighted by molar-refractivity contribution is -0.385. The number of nitrogens with one attached hydrogen (secondary N) is 1. The summed E-state index contributed by atoms with van der Waals surface area (Å²) in [5, 5.41) is 10.9. The van der Waals surface area contributed by atoms with Gasteiger partial charge in [-0.2, -0.15) is 0 Å². The zero-order valence-electron chi connectivity index (χ0n) is 11.9. The van der Waals surface area contributed by atoms with Crippen molar-refractivity contribution in [1.82, 2.24) is 4.72 Å². The molecule has 7 nitrogen and oxygen atoms in total. The molecule has 0 aromatic heterocycles. The number of benzene rings is 1. The van der Waals surface area contributed by atoms with E-state index in [9.17, 15) is 18.5 Å². The summed E-state index contributed by atoms with van der Waals surface area (Å²) < 4.78 is 32.6. The Morgan fingerprint density at radius 3 is 2.76 bits per heavy atom. The molecule has 2 atom stereocenters. The van der Waals surface area contributed by atoms with E-state index in [1.165, 1.54) is 12.1 Å². The number of nitrogens with zero attached hydrogens (tertiary/aromatic N) is 1. The predicted molar refractivity (Wildman–Crippen MR) is 76.6 cm³/mol. The maximum atomic E-state index is 12.3. The quantitative estimate of drug-likeness (QED) is 0.659. The normalized spacial score (nSPS) is 20.4. The monoisotopic (exact) mass is 314 g/mol. The van der Waals surface area contributed by atoms with Crippen molar-refractivity contribution in [2.24, 2.45) is 0 Å². The first-order valence-corrected chi connectivity index (χ1v) is 8.18. The van der Waals surface area contributed by atoms with Crippen LogP contribution in [0.15, 0.2) is 23.1 Å². The molecule has 1 heterocycles. The number of hydrogen-bond acceptors (Lipinski definition) is 5. The summed E-state index contributed by atoms with van der Waals surface area (Å²) in [6.45, 7) is 3.93. The fourth-order valence-corrected chi connectivity index (χ4v) is 3.63. The Labute approximate surface area is 123 Å². The van der Waals surface area contributed by atoms with E-state index in [1.807, 2.05) is 0 Å². The van der Waals surface area contributed by atoms with Crippen molar-refractivity contribution in [1.29, 1.82) is 0 Å². The third-order valence-corrected chi connectivity index (χ3v) is 5.11. The molecule has 0 aliphatic carbocycles. The number of hydrogen-bond donors (Lipinski definition) is 1. The molecule has 1 aromatic carbocycles. The first kappa shape index (κ1) is 15.9. The molecular weight excluding hydrogens is 296 g/mol. The minimum absolute atomic E-state index is 0.107. The molecule has 1 aliphatic rings. The van der Waals surface area contributed by atoms with Crippen LogP contribution in [0.2, 0.25) is 0 Å². The molecule has 0 amide bonds. The highest BCUT2D eigenvalue weighted by Crippen LogP contribution is 2.23. The summed E-state index contributed by atoms with van der Waals surface area (Å²) in [7, 11) is -3.80. The van der Waals surface area contributed by atoms with Gasteiger partial charge in [0.2, 0.25) is 10.0 Å². The van der Waals surface area contributed by atoms with E-state index in [0.717, 1.165) is 18.9 Å². The lowest BCUT2D eigenvalue weighted by Crippen LogP contribution is -2.40. The van der Waals surface area contributed by atoms with Crippen LogP contribution < -0.4 is 4.72 Å². The van der Waals surface area contributed by atoms with Gasteiger partial charge >= 0.3 is 0 Å². The Hall–Kier alpha value is -1.51. The summed E-state index contributed by atoms with van der Waals surface area (Å²) in [6, 6.07) is 3.51. The molecule has 1 fully saturated rings. The van der Waals surface area contributed by atoms with Gasteiger partial charge in [-0.25, -0.2) is 13.1 Å². The molecule has 116 valence electrons. The summed E-state index contributed by atoms with van der Waals surface area (Å²) >= 11 is 0. The van der Waals surface area contributed by atoms with Crippen molar-refractivity contribution >= 4 is 15.7 Å². The van der Waals surface area contributed by atoms with Crippen molar-refractivity contribution < 1.29 is 18.1 Å². The van der Waals surface area contributed by atoms with Crippen LogP contribution in [0, 0.1) is 17.0 Å². The van der Waals surface area contributed by atoms with Crippen LogP contribution in [-0.2, 0) is 14.8 Å². The van der Waals surface area contributed by atoms with E-state index in [0.29, 0.717) is 12.2 Å². The molecule has 0 unspecified atom stereocenters. The number of nitro benzene ring substituents is 1. The minimum Gasteiger partial charge on any atom is -0.377 e. The van der Waals surface area contributed by atoms with Crippen LogP contribution in [0.4, 0.5) is 5.69 Å². The maximum absolute atomic E-state index is 12.3. The summed E-state index contributed by atoms with van der Waals surface area (Å²) in [5.41, 5.74) is 0.216. The van der Waals surface area contributed by atoms with Crippen LogP contribution in [0.5, 0.6) is 0 Å². The molecule has 1 aliphatic heterocycles. The highest BCUT2D eigenvalue weighted by molar-refractivity contribution is 7.89. The van der Waals surface area contributed by atoms with Gasteiger partial charge < -0.3 is 4.74 Å². The second-order valence-electron chi connectivity index (χ2n) is 5.17. The SMILES string of the molecule is Cc1ccc(S(=O)(=O)N[C@H](C)[C@@H]2CCCO2)cc1[N+](=O)[O-]. The Kier molecular flexibility index (Phi) is 4.60. The van der Waals surface area contributed by atoms with Crippen LogP contribution in [0.3, 0.4) is 0 Å². The average molecular weight is 314 g/mol. The van der Waals surface area contributed by atoms with E-state index in [1.54, 1.807) is 13.8 Å². The molecule has 1 saturated heterocycles. The van der Waals surface area contributed by atoms with Gasteiger partial charge in [-0.15, -0.1) is 0 Å². The molecule has 2 rings (SSSR count). The average Bonchev–Trinajstić information content (AvgIpc) is 2.92. The summed E-state index contributed by atoms with van der Waals surface area (Å²) in [5.74, 6) is 0. The smallest absolute Gasteiger partial charge is 0.273 e. The predicted octanol–water partition coefficient (Wildman–Crippen LogP) is 1.75. The third kappa shape index (κ3) is 3.58. The number of nitro groups is 1. The highest BCUT2D eigenvalue weighted by Gasteiger charge is 2.28. The first-order valence-electron chi connectivity index (χ1n) is 6.70. The topological polar surface area (TPSA) is 98.5 Å².